The molecule has 0 saturated carbocycles. The van der Waals surface area contributed by atoms with Crippen LogP contribution in [0, 0.1) is 0 Å². The lowest BCUT2D eigenvalue weighted by molar-refractivity contribution is 0.194. The van der Waals surface area contributed by atoms with Gasteiger partial charge in [0.2, 0.25) is 0 Å². The van der Waals surface area contributed by atoms with Gasteiger partial charge in [0.25, 0.3) is 7.41 Å². The van der Waals surface area contributed by atoms with Crippen molar-refractivity contribution in [3.05, 3.63) is 0 Å². The number of piperazine rings is 1. The van der Waals surface area contributed by atoms with Gasteiger partial charge in [-0.25, -0.2) is 0 Å². The first-order valence-corrected chi connectivity index (χ1v) is 4.45. The first-order valence-electron chi connectivity index (χ1n) is 4.45. The van der Waals surface area contributed by atoms with E-state index in [1.54, 1.807) is 0 Å². The van der Waals surface area contributed by atoms with E-state index in [0.29, 0.717) is 7.41 Å². The van der Waals surface area contributed by atoms with Crippen LogP contribution in [-0.4, -0.2) is 62.6 Å². The summed E-state index contributed by atoms with van der Waals surface area (Å²) in [4.78, 5) is 14.7. The molecular formula is C7H16BN3O. The molecule has 1 fully saturated rings. The zero-order chi connectivity index (χ0) is 8.81. The molecule has 1 aliphatic heterocycles. The average Bonchev–Trinajstić information content (AvgIpc) is 2.09. The van der Waals surface area contributed by atoms with E-state index in [4.69, 9.17) is 5.73 Å². The Morgan fingerprint density at radius 3 is 2.50 bits per heavy atom. The summed E-state index contributed by atoms with van der Waals surface area (Å²) in [5.74, 6) is 0. The lowest BCUT2D eigenvalue weighted by Crippen LogP contribution is -2.49. The van der Waals surface area contributed by atoms with Gasteiger partial charge in [0.15, 0.2) is 0 Å². The maximum Gasteiger partial charge on any atom is 0.281 e. The molecule has 12 heavy (non-hydrogen) atoms. The summed E-state index contributed by atoms with van der Waals surface area (Å²) in [5, 5.41) is 0. The van der Waals surface area contributed by atoms with Gasteiger partial charge in [-0.15, -0.1) is 0 Å². The van der Waals surface area contributed by atoms with E-state index < -0.39 is 0 Å². The minimum atomic E-state index is 0.580. The molecule has 0 atom stereocenters. The zero-order valence-electron chi connectivity index (χ0n) is 7.41. The summed E-state index contributed by atoms with van der Waals surface area (Å²) in [7, 11) is 0.580. The largest absolute Gasteiger partial charge is 0.336 e. The standard InChI is InChI=1S/C7H16BN3O/c9-1-2-10-3-5-11(6-4-10)8-7-12/h7-8H,1-6,9H2. The normalized spacial score (nSPS) is 20.8. The molecule has 1 heterocycles. The third-order valence-electron chi connectivity index (χ3n) is 2.24. The maximum absolute atomic E-state index is 10.2. The Bertz CT molecular complexity index is 137. The fraction of sp³-hybridized carbons (Fsp3) is 0.857. The van der Waals surface area contributed by atoms with Crippen LogP contribution in [0.4, 0.5) is 0 Å². The van der Waals surface area contributed by atoms with E-state index in [2.05, 4.69) is 9.71 Å². The first-order chi connectivity index (χ1) is 5.86. The van der Waals surface area contributed by atoms with Crippen molar-refractivity contribution in [1.29, 1.82) is 0 Å². The number of hydrogen-bond acceptors (Lipinski definition) is 4. The highest BCUT2D eigenvalue weighted by molar-refractivity contribution is 6.64. The highest BCUT2D eigenvalue weighted by Gasteiger charge is 2.15. The number of hydrogen-bond donors (Lipinski definition) is 1. The Morgan fingerprint density at radius 1 is 1.33 bits per heavy atom. The smallest absolute Gasteiger partial charge is 0.281 e. The molecule has 1 aliphatic rings. The van der Waals surface area contributed by atoms with Gasteiger partial charge < -0.3 is 15.3 Å². The number of rotatable bonds is 4. The highest BCUT2D eigenvalue weighted by atomic mass is 16.1. The quantitative estimate of drug-likeness (QED) is 0.394. The Balaban J connectivity index is 2.15. The monoisotopic (exact) mass is 169 g/mol. The van der Waals surface area contributed by atoms with E-state index in [1.165, 1.54) is 0 Å². The van der Waals surface area contributed by atoms with E-state index >= 15 is 0 Å². The topological polar surface area (TPSA) is 49.6 Å². The van der Waals surface area contributed by atoms with Crippen LogP contribution in [0.25, 0.3) is 0 Å². The number of nitrogens with zero attached hydrogens (tertiary/aromatic N) is 2. The zero-order valence-corrected chi connectivity index (χ0v) is 7.41. The van der Waals surface area contributed by atoms with Crippen LogP contribution in [0.1, 0.15) is 0 Å². The lowest BCUT2D eigenvalue weighted by atomic mass is 9.93. The molecule has 0 aromatic rings. The van der Waals surface area contributed by atoms with Crippen molar-refractivity contribution in [2.75, 3.05) is 39.3 Å². The Hall–Kier alpha value is -0.385. The van der Waals surface area contributed by atoms with Crippen LogP contribution >= 0.6 is 0 Å². The van der Waals surface area contributed by atoms with Gasteiger partial charge in [0, 0.05) is 39.3 Å². The second-order valence-electron chi connectivity index (χ2n) is 3.10. The predicted octanol–water partition coefficient (Wildman–Crippen LogP) is -1.90. The van der Waals surface area contributed by atoms with E-state index in [1.807, 2.05) is 0 Å². The Labute approximate surface area is 74.0 Å². The highest BCUT2D eigenvalue weighted by Crippen LogP contribution is 1.97. The fourth-order valence-electron chi connectivity index (χ4n) is 1.48. The molecule has 1 saturated heterocycles. The van der Waals surface area contributed by atoms with Crippen LogP contribution < -0.4 is 5.73 Å². The van der Waals surface area contributed by atoms with Crippen molar-refractivity contribution in [2.24, 2.45) is 5.73 Å². The minimum Gasteiger partial charge on any atom is -0.336 e. The van der Waals surface area contributed by atoms with Crippen LogP contribution in [0.15, 0.2) is 0 Å². The molecule has 0 aromatic carbocycles. The SMILES string of the molecule is NCCN1CCN(BC=O)CC1. The molecule has 4 nitrogen and oxygen atoms in total. The summed E-state index contributed by atoms with van der Waals surface area (Å²) in [6.07, 6.45) is 0.971. The van der Waals surface area contributed by atoms with Gasteiger partial charge in [-0.2, -0.15) is 0 Å². The summed E-state index contributed by atoms with van der Waals surface area (Å²) < 4.78 is 0. The number of carbonyl (C=O) groups excluding carboxylic acids is 1. The molecule has 0 aliphatic carbocycles. The molecule has 0 aromatic heterocycles. The summed E-state index contributed by atoms with van der Waals surface area (Å²) >= 11 is 0. The average molecular weight is 169 g/mol. The van der Waals surface area contributed by atoms with Crippen LogP contribution in [0.2, 0.25) is 0 Å². The number of carbonyl (C=O) groups is 1. The van der Waals surface area contributed by atoms with E-state index in [0.717, 1.165) is 45.5 Å². The van der Waals surface area contributed by atoms with Gasteiger partial charge >= 0.3 is 0 Å². The summed E-state index contributed by atoms with van der Waals surface area (Å²) in [5.41, 5.74) is 5.44. The van der Waals surface area contributed by atoms with Crippen LogP contribution in [-0.2, 0) is 4.79 Å². The second-order valence-corrected chi connectivity index (χ2v) is 3.10. The fourth-order valence-corrected chi connectivity index (χ4v) is 1.48. The summed E-state index contributed by atoms with van der Waals surface area (Å²) in [6.45, 7) is 5.80. The van der Waals surface area contributed by atoms with Crippen LogP contribution in [0.5, 0.6) is 0 Å². The van der Waals surface area contributed by atoms with Crippen molar-refractivity contribution in [2.45, 2.75) is 0 Å². The molecule has 1 rings (SSSR count). The van der Waals surface area contributed by atoms with E-state index in [9.17, 15) is 4.79 Å². The molecular weight excluding hydrogens is 153 g/mol. The molecule has 0 bridgehead atoms. The molecule has 68 valence electrons. The van der Waals surface area contributed by atoms with Crippen molar-refractivity contribution in [1.82, 2.24) is 9.71 Å². The summed E-state index contributed by atoms with van der Waals surface area (Å²) in [6, 6.07) is 0. The molecule has 0 spiro atoms. The van der Waals surface area contributed by atoms with Crippen LogP contribution in [0.3, 0.4) is 0 Å². The first kappa shape index (κ1) is 9.70. The maximum atomic E-state index is 10.2. The third-order valence-corrected chi connectivity index (χ3v) is 2.24. The van der Waals surface area contributed by atoms with Gasteiger partial charge in [-0.05, 0) is 0 Å². The Morgan fingerprint density at radius 2 is 2.00 bits per heavy atom. The predicted molar refractivity (Wildman–Crippen MR) is 51.0 cm³/mol. The lowest BCUT2D eigenvalue weighted by Gasteiger charge is -2.33. The molecule has 2 N–H and O–H groups in total. The van der Waals surface area contributed by atoms with Gasteiger partial charge in [-0.1, -0.05) is 0 Å². The minimum absolute atomic E-state index is 0.580. The van der Waals surface area contributed by atoms with Gasteiger partial charge in [0.1, 0.15) is 0 Å². The van der Waals surface area contributed by atoms with Crippen molar-refractivity contribution < 1.29 is 4.79 Å². The molecule has 0 unspecified atom stereocenters. The second kappa shape index (κ2) is 5.29. The molecule has 0 amide bonds. The third kappa shape index (κ3) is 2.93. The van der Waals surface area contributed by atoms with Crippen molar-refractivity contribution in [3.63, 3.8) is 0 Å². The van der Waals surface area contributed by atoms with Gasteiger partial charge in [-0.3, -0.25) is 4.90 Å². The van der Waals surface area contributed by atoms with Crippen molar-refractivity contribution >= 4 is 13.6 Å². The van der Waals surface area contributed by atoms with Crippen molar-refractivity contribution in [3.8, 4) is 0 Å². The molecule has 5 heteroatoms. The molecule has 0 radical (unpaired) electrons. The van der Waals surface area contributed by atoms with Gasteiger partial charge in [0.05, 0.1) is 6.19 Å². The Kier molecular flexibility index (Phi) is 4.28. The van der Waals surface area contributed by atoms with E-state index in [-0.39, 0.29) is 0 Å². The number of nitrogens with two attached hydrogens (primary N) is 1.